The molecule has 164 valence electrons. The van der Waals surface area contributed by atoms with Crippen LogP contribution in [-0.2, 0) is 13.0 Å². The lowest BCUT2D eigenvalue weighted by molar-refractivity contribution is 0.0881. The molecule has 1 unspecified atom stereocenters. The number of hydrogen-bond acceptors (Lipinski definition) is 4. The number of aliphatic hydroxyl groups excluding tert-OH is 1. The van der Waals surface area contributed by atoms with E-state index in [1.54, 1.807) is 24.5 Å². The Balaban J connectivity index is 1.62. The second-order valence-electron chi connectivity index (χ2n) is 7.75. The molecule has 0 radical (unpaired) electrons. The summed E-state index contributed by atoms with van der Waals surface area (Å²) in [6, 6.07) is 9.65. The molecule has 2 aromatic carbocycles. The Bertz CT molecular complexity index is 1020. The second kappa shape index (κ2) is 10.3. The van der Waals surface area contributed by atoms with Gasteiger partial charge in [-0.3, -0.25) is 4.79 Å². The molecule has 0 fully saturated rings. The number of aryl methyl sites for hydroxylation is 1. The first kappa shape index (κ1) is 22.6. The minimum absolute atomic E-state index is 0.0560. The van der Waals surface area contributed by atoms with Gasteiger partial charge in [0.25, 0.3) is 0 Å². The number of carbonyl (C=O) groups is 1. The maximum absolute atomic E-state index is 13.8. The van der Waals surface area contributed by atoms with Crippen LogP contribution in [0.5, 0.6) is 5.75 Å². The number of hydrogen-bond donors (Lipinski definition) is 1. The lowest BCUT2D eigenvalue weighted by Gasteiger charge is -2.17. The molecule has 1 heterocycles. The summed E-state index contributed by atoms with van der Waals surface area (Å²) in [5.74, 6) is 0.121. The van der Waals surface area contributed by atoms with Gasteiger partial charge in [-0.15, -0.1) is 0 Å². The molecule has 3 aromatic rings. The summed E-state index contributed by atoms with van der Waals surface area (Å²) in [7, 11) is 0. The van der Waals surface area contributed by atoms with E-state index < -0.39 is 11.9 Å². The third-order valence-electron chi connectivity index (χ3n) is 4.90. The Labute approximate surface area is 180 Å². The standard InChI is InChI=1S/C24H26F2N2O3/c1-16(2)24-27-11-12-28(24)14-20(29)15-31-23-10-8-19(26)13-21(23)22(30)9-5-17-3-6-18(25)7-4-17/h3-4,6-8,10-13,16,20,29H,5,9,14-15H2,1-2H3. The van der Waals surface area contributed by atoms with E-state index in [-0.39, 0.29) is 41.9 Å². The summed E-state index contributed by atoms with van der Waals surface area (Å²) >= 11 is 0. The number of ketones is 1. The summed E-state index contributed by atoms with van der Waals surface area (Å²) in [6.45, 7) is 4.27. The molecule has 5 nitrogen and oxygen atoms in total. The molecule has 0 saturated carbocycles. The van der Waals surface area contributed by atoms with Crippen LogP contribution in [0, 0.1) is 11.6 Å². The van der Waals surface area contributed by atoms with Gasteiger partial charge in [-0.25, -0.2) is 13.8 Å². The van der Waals surface area contributed by atoms with Crippen LogP contribution >= 0.6 is 0 Å². The number of halogens is 2. The van der Waals surface area contributed by atoms with E-state index >= 15 is 0 Å². The van der Waals surface area contributed by atoms with Crippen LogP contribution in [0.3, 0.4) is 0 Å². The number of rotatable bonds is 10. The van der Waals surface area contributed by atoms with Crippen molar-refractivity contribution >= 4 is 5.78 Å². The zero-order valence-electron chi connectivity index (χ0n) is 17.6. The molecular formula is C24H26F2N2O3. The van der Waals surface area contributed by atoms with Crippen LogP contribution < -0.4 is 4.74 Å². The van der Waals surface area contributed by atoms with E-state index in [9.17, 15) is 18.7 Å². The van der Waals surface area contributed by atoms with E-state index in [4.69, 9.17) is 4.74 Å². The quantitative estimate of drug-likeness (QED) is 0.482. The summed E-state index contributed by atoms with van der Waals surface area (Å²) in [4.78, 5) is 17.0. The topological polar surface area (TPSA) is 64.3 Å². The van der Waals surface area contributed by atoms with Crippen molar-refractivity contribution < 1.29 is 23.4 Å². The van der Waals surface area contributed by atoms with Gasteiger partial charge in [0.2, 0.25) is 0 Å². The third-order valence-corrected chi connectivity index (χ3v) is 4.90. The van der Waals surface area contributed by atoms with Gasteiger partial charge < -0.3 is 14.4 Å². The monoisotopic (exact) mass is 428 g/mol. The van der Waals surface area contributed by atoms with Crippen molar-refractivity contribution in [2.45, 2.75) is 45.3 Å². The predicted octanol–water partition coefficient (Wildman–Crippen LogP) is 4.54. The van der Waals surface area contributed by atoms with E-state index in [2.05, 4.69) is 4.98 Å². The highest BCUT2D eigenvalue weighted by atomic mass is 19.1. The number of carbonyl (C=O) groups excluding carboxylic acids is 1. The first-order valence-corrected chi connectivity index (χ1v) is 10.2. The van der Waals surface area contributed by atoms with Gasteiger partial charge in [0.15, 0.2) is 5.78 Å². The SMILES string of the molecule is CC(C)c1nccn1CC(O)COc1ccc(F)cc1C(=O)CCc1ccc(F)cc1. The van der Waals surface area contributed by atoms with E-state index in [0.717, 1.165) is 17.5 Å². The zero-order valence-corrected chi connectivity index (χ0v) is 17.6. The fraction of sp³-hybridized carbons (Fsp3) is 0.333. The average Bonchev–Trinajstić information content (AvgIpc) is 3.20. The van der Waals surface area contributed by atoms with Crippen molar-refractivity contribution in [2.24, 2.45) is 0 Å². The summed E-state index contributed by atoms with van der Waals surface area (Å²) in [5, 5.41) is 10.4. The number of aliphatic hydroxyl groups is 1. The van der Waals surface area contributed by atoms with Gasteiger partial charge in [-0.2, -0.15) is 0 Å². The van der Waals surface area contributed by atoms with Gasteiger partial charge in [0.05, 0.1) is 12.1 Å². The van der Waals surface area contributed by atoms with Crippen LogP contribution in [-0.4, -0.2) is 33.2 Å². The Hall–Kier alpha value is -3.06. The molecule has 1 N–H and O–H groups in total. The molecule has 3 rings (SSSR count). The fourth-order valence-corrected chi connectivity index (χ4v) is 3.33. The normalized spacial score (nSPS) is 12.2. The molecule has 0 aliphatic carbocycles. The van der Waals surface area contributed by atoms with Crippen molar-refractivity contribution in [3.8, 4) is 5.75 Å². The fourth-order valence-electron chi connectivity index (χ4n) is 3.33. The third kappa shape index (κ3) is 6.21. The van der Waals surface area contributed by atoms with Crippen LogP contribution in [0.25, 0.3) is 0 Å². The van der Waals surface area contributed by atoms with Crippen molar-refractivity contribution in [3.63, 3.8) is 0 Å². The van der Waals surface area contributed by atoms with Crippen LogP contribution in [0.2, 0.25) is 0 Å². The first-order valence-electron chi connectivity index (χ1n) is 10.2. The number of Topliss-reactive ketones (excluding diaryl/α,β-unsaturated/α-hetero) is 1. The maximum Gasteiger partial charge on any atom is 0.167 e. The van der Waals surface area contributed by atoms with Crippen molar-refractivity contribution in [3.05, 3.63) is 83.4 Å². The number of nitrogens with zero attached hydrogens (tertiary/aromatic N) is 2. The first-order chi connectivity index (χ1) is 14.8. The average molecular weight is 428 g/mol. The Morgan fingerprint density at radius 2 is 1.84 bits per heavy atom. The van der Waals surface area contributed by atoms with Crippen molar-refractivity contribution in [1.29, 1.82) is 0 Å². The number of ether oxygens (including phenoxy) is 1. The highest BCUT2D eigenvalue weighted by Gasteiger charge is 2.17. The lowest BCUT2D eigenvalue weighted by Crippen LogP contribution is -2.25. The number of imidazole rings is 1. The molecule has 0 amide bonds. The molecule has 1 aromatic heterocycles. The van der Waals surface area contributed by atoms with Crippen molar-refractivity contribution in [1.82, 2.24) is 9.55 Å². The summed E-state index contributed by atoms with van der Waals surface area (Å²) in [6.07, 6.45) is 3.16. The molecule has 0 saturated heterocycles. The van der Waals surface area contributed by atoms with E-state index in [0.29, 0.717) is 13.0 Å². The predicted molar refractivity (Wildman–Crippen MR) is 113 cm³/mol. The Morgan fingerprint density at radius 1 is 1.13 bits per heavy atom. The second-order valence-corrected chi connectivity index (χ2v) is 7.75. The minimum Gasteiger partial charge on any atom is -0.490 e. The number of aromatic nitrogens is 2. The van der Waals surface area contributed by atoms with Gasteiger partial charge in [0.1, 0.15) is 35.9 Å². The maximum atomic E-state index is 13.8. The van der Waals surface area contributed by atoms with Crippen LogP contribution in [0.15, 0.2) is 54.9 Å². The van der Waals surface area contributed by atoms with E-state index in [1.165, 1.54) is 24.3 Å². The highest BCUT2D eigenvalue weighted by molar-refractivity contribution is 5.98. The van der Waals surface area contributed by atoms with E-state index in [1.807, 2.05) is 18.4 Å². The van der Waals surface area contributed by atoms with Crippen LogP contribution in [0.1, 0.15) is 47.9 Å². The molecule has 0 bridgehead atoms. The molecule has 0 aliphatic heterocycles. The number of benzene rings is 2. The molecule has 7 heteroatoms. The Morgan fingerprint density at radius 3 is 2.55 bits per heavy atom. The van der Waals surface area contributed by atoms with Crippen molar-refractivity contribution in [2.75, 3.05) is 6.61 Å². The lowest BCUT2D eigenvalue weighted by atomic mass is 10.0. The summed E-state index contributed by atoms with van der Waals surface area (Å²) < 4.78 is 34.3. The molecular weight excluding hydrogens is 402 g/mol. The largest absolute Gasteiger partial charge is 0.490 e. The van der Waals surface area contributed by atoms with Gasteiger partial charge in [0, 0.05) is 24.7 Å². The Kier molecular flexibility index (Phi) is 7.52. The minimum atomic E-state index is -0.834. The zero-order chi connectivity index (χ0) is 22.4. The summed E-state index contributed by atoms with van der Waals surface area (Å²) in [5.41, 5.74) is 0.935. The smallest absolute Gasteiger partial charge is 0.167 e. The van der Waals surface area contributed by atoms with Gasteiger partial charge in [-0.1, -0.05) is 26.0 Å². The van der Waals surface area contributed by atoms with Gasteiger partial charge >= 0.3 is 0 Å². The van der Waals surface area contributed by atoms with Crippen LogP contribution in [0.4, 0.5) is 8.78 Å². The molecule has 1 atom stereocenters. The highest BCUT2D eigenvalue weighted by Crippen LogP contribution is 2.23. The molecule has 0 spiro atoms. The molecule has 0 aliphatic rings. The van der Waals surface area contributed by atoms with Gasteiger partial charge in [-0.05, 0) is 42.3 Å². The molecule has 31 heavy (non-hydrogen) atoms.